The van der Waals surface area contributed by atoms with Crippen molar-refractivity contribution in [3.8, 4) is 5.75 Å². The van der Waals surface area contributed by atoms with Crippen LogP contribution in [0, 0.1) is 106 Å². The second-order valence-corrected chi connectivity index (χ2v) is 15.6. The Bertz CT molecular complexity index is 811. The van der Waals surface area contributed by atoms with E-state index in [0.717, 1.165) is 37.6 Å². The van der Waals surface area contributed by atoms with Crippen molar-refractivity contribution < 1.29 is 106 Å². The van der Waals surface area contributed by atoms with Gasteiger partial charge in [0.15, 0.2) is 0 Å². The van der Waals surface area contributed by atoms with Crippen LogP contribution in [-0.4, -0.2) is 26.4 Å². The Morgan fingerprint density at radius 1 is 0.438 bits per heavy atom. The normalized spacial score (nSPS) is 21.2. The number of ether oxygens (including phenoxy) is 2. The molecular weight excluding hydrogens is 754 g/mol. The second-order valence-electron chi connectivity index (χ2n) is 15.6. The molecule has 0 amide bonds. The molecule has 2 saturated heterocycles. The Labute approximate surface area is 375 Å². The molecule has 0 aromatic heterocycles. The van der Waals surface area contributed by atoms with Gasteiger partial charge in [0.05, 0.1) is 0 Å². The van der Waals surface area contributed by atoms with Gasteiger partial charge in [-0.3, -0.25) is 0 Å². The topological polar surface area (TPSA) is 41.5 Å². The van der Waals surface area contributed by atoms with Crippen LogP contribution in [0.1, 0.15) is 153 Å². The predicted molar refractivity (Wildman–Crippen MR) is 197 cm³/mol. The molecular formula is C43H69KO3Sm. The molecule has 0 atom stereocenters. The van der Waals surface area contributed by atoms with Gasteiger partial charge in [-0.25, -0.2) is 0 Å². The first-order valence-corrected chi connectivity index (χ1v) is 17.5. The average molecular weight is 823 g/mol. The first-order valence-electron chi connectivity index (χ1n) is 17.5. The van der Waals surface area contributed by atoms with Crippen LogP contribution in [0.2, 0.25) is 0 Å². The fourth-order valence-corrected chi connectivity index (χ4v) is 5.72. The SMILES string of the molecule is C1CCOC1.C1CCOC1.C[C]1[C](C)[C](C)[C](C)[C]1C.C[C]1[C](C)[C](C)[C](C)[C]1C.Cc1cc(C(C)(C)C)c([O-])c(C(C)(C)C)c1.[K+].[Sm]. The molecule has 266 valence electrons. The first kappa shape index (κ1) is 52.0. The van der Waals surface area contributed by atoms with Crippen molar-refractivity contribution in [3.05, 3.63) is 88.0 Å². The van der Waals surface area contributed by atoms with Crippen LogP contribution < -0.4 is 56.5 Å². The predicted octanol–water partition coefficient (Wildman–Crippen LogP) is 8.21. The fourth-order valence-electron chi connectivity index (χ4n) is 5.72. The van der Waals surface area contributed by atoms with Crippen LogP contribution in [0.5, 0.6) is 5.75 Å². The molecule has 4 fully saturated rings. The molecule has 5 heteroatoms. The molecule has 48 heavy (non-hydrogen) atoms. The molecule has 1 aromatic rings. The molecule has 2 saturated carbocycles. The van der Waals surface area contributed by atoms with E-state index in [1.165, 1.54) is 90.4 Å². The number of aryl methyl sites for hydroxylation is 1. The fraction of sp³-hybridized carbons (Fsp3) is 0.628. The number of rotatable bonds is 0. The minimum Gasteiger partial charge on any atom is -0.872 e. The summed E-state index contributed by atoms with van der Waals surface area (Å²) in [5.41, 5.74) is 2.87. The first-order chi connectivity index (χ1) is 21.1. The maximum absolute atomic E-state index is 12.4. The Kier molecular flexibility index (Phi) is 26.4. The molecule has 2 aliphatic carbocycles. The Balaban J connectivity index is 0. The standard InChI is InChI=1S/C15H24O.2C10H15.2C4H8O.K.Sm/c1-10-8-11(14(2,3)4)13(16)12(9-10)15(5,6)7;2*1-6-7(2)9(4)10(5)8(6)3;2*1-2-4-5-3-1;;/h8-9,16H,1-7H3;2*1-5H3;2*1-4H2;;/q;;;;;+1;/p-1. The smallest absolute Gasteiger partial charge is 0.872 e. The van der Waals surface area contributed by atoms with E-state index in [1.54, 1.807) is 0 Å². The largest absolute Gasteiger partial charge is 1.00 e. The summed E-state index contributed by atoms with van der Waals surface area (Å²) >= 11 is 0. The van der Waals surface area contributed by atoms with Crippen molar-refractivity contribution in [2.45, 2.75) is 154 Å². The zero-order valence-corrected chi connectivity index (χ0v) is 40.2. The summed E-state index contributed by atoms with van der Waals surface area (Å²) in [6, 6.07) is 4.05. The zero-order valence-electron chi connectivity index (χ0n) is 34.4. The summed E-state index contributed by atoms with van der Waals surface area (Å²) in [6.45, 7) is 40.6. The number of hydrogen-bond donors (Lipinski definition) is 0. The zero-order chi connectivity index (χ0) is 35.6. The van der Waals surface area contributed by atoms with Crippen molar-refractivity contribution >= 4 is 0 Å². The third-order valence-corrected chi connectivity index (χ3v) is 10.1. The molecule has 0 spiro atoms. The maximum atomic E-state index is 12.4. The van der Waals surface area contributed by atoms with Gasteiger partial charge in [0.25, 0.3) is 0 Å². The molecule has 0 unspecified atom stereocenters. The van der Waals surface area contributed by atoms with E-state index in [2.05, 4.69) is 118 Å². The minimum absolute atomic E-state index is 0. The summed E-state index contributed by atoms with van der Waals surface area (Å²) in [5, 5.41) is 12.4. The molecule has 5 rings (SSSR count). The van der Waals surface area contributed by atoms with Crippen molar-refractivity contribution in [2.24, 2.45) is 0 Å². The Hall–Kier alpha value is 1.91. The third-order valence-electron chi connectivity index (χ3n) is 10.1. The molecule has 4 aliphatic rings. The van der Waals surface area contributed by atoms with E-state index in [0.29, 0.717) is 0 Å². The van der Waals surface area contributed by atoms with E-state index >= 15 is 0 Å². The summed E-state index contributed by atoms with van der Waals surface area (Å²) in [5.74, 6) is 14.9. The molecule has 2 aliphatic heterocycles. The summed E-state index contributed by atoms with van der Waals surface area (Å²) in [7, 11) is 0. The van der Waals surface area contributed by atoms with Gasteiger partial charge >= 0.3 is 51.4 Å². The maximum Gasteiger partial charge on any atom is 1.00 e. The molecule has 3 nitrogen and oxygen atoms in total. The van der Waals surface area contributed by atoms with E-state index in [9.17, 15) is 5.11 Å². The molecule has 2 heterocycles. The van der Waals surface area contributed by atoms with Crippen LogP contribution in [0.25, 0.3) is 0 Å². The summed E-state index contributed by atoms with van der Waals surface area (Å²) in [4.78, 5) is 0. The molecule has 0 bridgehead atoms. The Morgan fingerprint density at radius 3 is 0.750 bits per heavy atom. The van der Waals surface area contributed by atoms with E-state index < -0.39 is 0 Å². The monoisotopic (exact) mass is 824 g/mol. The van der Waals surface area contributed by atoms with E-state index in [1.807, 2.05) is 12.1 Å². The quantitative estimate of drug-likeness (QED) is 0.248. The van der Waals surface area contributed by atoms with Gasteiger partial charge in [0.1, 0.15) is 0 Å². The van der Waals surface area contributed by atoms with Gasteiger partial charge in [-0.2, -0.15) is 0 Å². The molecule has 10 radical (unpaired) electrons. The average Bonchev–Trinajstić information content (AvgIpc) is 3.81. The summed E-state index contributed by atoms with van der Waals surface area (Å²) < 4.78 is 9.89. The van der Waals surface area contributed by atoms with Crippen molar-refractivity contribution in [1.82, 2.24) is 0 Å². The van der Waals surface area contributed by atoms with Crippen molar-refractivity contribution in [1.29, 1.82) is 0 Å². The third kappa shape index (κ3) is 16.5. The van der Waals surface area contributed by atoms with Crippen LogP contribution in [0.15, 0.2) is 12.1 Å². The van der Waals surface area contributed by atoms with Crippen LogP contribution in [0.3, 0.4) is 0 Å². The van der Waals surface area contributed by atoms with Crippen LogP contribution in [0.4, 0.5) is 0 Å². The second kappa shape index (κ2) is 24.3. The number of benzene rings is 1. The molecule has 0 N–H and O–H groups in total. The van der Waals surface area contributed by atoms with Gasteiger partial charge in [0.2, 0.25) is 0 Å². The van der Waals surface area contributed by atoms with Crippen LogP contribution in [-0.2, 0) is 20.3 Å². The van der Waals surface area contributed by atoms with Crippen molar-refractivity contribution in [2.75, 3.05) is 26.4 Å². The van der Waals surface area contributed by atoms with Gasteiger partial charge < -0.3 is 14.6 Å². The van der Waals surface area contributed by atoms with Gasteiger partial charge in [-0.05, 0) is 114 Å². The van der Waals surface area contributed by atoms with Crippen LogP contribution >= 0.6 is 0 Å². The van der Waals surface area contributed by atoms with Gasteiger partial charge in [-0.15, -0.1) is 5.75 Å². The van der Waals surface area contributed by atoms with E-state index in [4.69, 9.17) is 9.47 Å². The molecule has 1 aromatic carbocycles. The number of hydrogen-bond acceptors (Lipinski definition) is 3. The van der Waals surface area contributed by atoms with Gasteiger partial charge in [0, 0.05) is 66.8 Å². The Morgan fingerprint density at radius 2 is 0.625 bits per heavy atom. The van der Waals surface area contributed by atoms with E-state index in [-0.39, 0.29) is 108 Å². The van der Waals surface area contributed by atoms with Crippen molar-refractivity contribution in [3.63, 3.8) is 0 Å². The van der Waals surface area contributed by atoms with Gasteiger partial charge in [-0.1, -0.05) is 128 Å². The summed E-state index contributed by atoms with van der Waals surface area (Å²) in [6.07, 6.45) is 5.11. The minimum atomic E-state index is -0.0803.